The van der Waals surface area contributed by atoms with Crippen LogP contribution in [0, 0.1) is 0 Å². The molecule has 2 aliphatic heterocycles. The Kier molecular flexibility index (Phi) is 4.72. The van der Waals surface area contributed by atoms with Crippen LogP contribution in [0.3, 0.4) is 0 Å². The molecule has 6 nitrogen and oxygen atoms in total. The molecule has 112 valence electrons. The van der Waals surface area contributed by atoms with Crippen LogP contribution in [0.5, 0.6) is 0 Å². The minimum atomic E-state index is -1.70. The number of carbonyl (C=O) groups excluding carboxylic acids is 1. The molecule has 6 heteroatoms. The van der Waals surface area contributed by atoms with E-state index in [0.29, 0.717) is 24.6 Å². The van der Waals surface area contributed by atoms with Crippen LogP contribution in [0.25, 0.3) is 0 Å². The smallest absolute Gasteiger partial charge is 0.330 e. The maximum absolute atomic E-state index is 11.4. The van der Waals surface area contributed by atoms with Gasteiger partial charge in [-0.15, -0.1) is 0 Å². The molecular formula is C15H18N2O4. The van der Waals surface area contributed by atoms with Crippen LogP contribution >= 0.6 is 0 Å². The predicted molar refractivity (Wildman–Crippen MR) is 78.0 cm³/mol. The Hall–Kier alpha value is -2.18. The molecule has 0 aromatic rings. The second-order valence-electron chi connectivity index (χ2n) is 4.27. The Morgan fingerprint density at radius 2 is 2.24 bits per heavy atom. The normalized spacial score (nSPS) is 23.9. The molecule has 0 amide bonds. The highest BCUT2D eigenvalue weighted by Crippen LogP contribution is 2.30. The van der Waals surface area contributed by atoms with E-state index in [4.69, 9.17) is 9.47 Å². The van der Waals surface area contributed by atoms with Gasteiger partial charge in [0.05, 0.1) is 12.2 Å². The number of allylic oxidation sites excluding steroid dienone is 2. The Labute approximate surface area is 123 Å². The van der Waals surface area contributed by atoms with E-state index >= 15 is 0 Å². The fraction of sp³-hybridized carbons (Fsp3) is 0.333. The summed E-state index contributed by atoms with van der Waals surface area (Å²) in [7, 11) is 0. The largest absolute Gasteiger partial charge is 0.463 e. The number of rotatable bonds is 5. The van der Waals surface area contributed by atoms with Crippen molar-refractivity contribution in [2.75, 3.05) is 13.2 Å². The molecular weight excluding hydrogens is 272 g/mol. The molecule has 2 aliphatic rings. The minimum Gasteiger partial charge on any atom is -0.463 e. The second-order valence-corrected chi connectivity index (χ2v) is 4.27. The van der Waals surface area contributed by atoms with Crippen LogP contribution in [-0.4, -0.2) is 40.9 Å². The van der Waals surface area contributed by atoms with Crippen molar-refractivity contribution in [3.63, 3.8) is 0 Å². The third-order valence-corrected chi connectivity index (χ3v) is 2.91. The Morgan fingerprint density at radius 1 is 1.43 bits per heavy atom. The Bertz CT molecular complexity index is 560. The summed E-state index contributed by atoms with van der Waals surface area (Å²) in [5.74, 6) is -1.63. The van der Waals surface area contributed by atoms with E-state index in [-0.39, 0.29) is 0 Å². The molecule has 0 fully saturated rings. The van der Waals surface area contributed by atoms with Crippen LogP contribution in [0.2, 0.25) is 0 Å². The first-order chi connectivity index (χ1) is 10.1. The van der Waals surface area contributed by atoms with Crippen LogP contribution in [0.15, 0.2) is 53.3 Å². The van der Waals surface area contributed by atoms with Crippen molar-refractivity contribution >= 4 is 11.8 Å². The summed E-state index contributed by atoms with van der Waals surface area (Å²) in [5, 5.41) is 10.8. The van der Waals surface area contributed by atoms with Gasteiger partial charge in [0.25, 0.3) is 5.91 Å². The van der Waals surface area contributed by atoms with Gasteiger partial charge in [0.1, 0.15) is 5.84 Å². The molecule has 21 heavy (non-hydrogen) atoms. The first-order valence-corrected chi connectivity index (χ1v) is 6.75. The predicted octanol–water partition coefficient (Wildman–Crippen LogP) is 1.47. The molecule has 1 atom stereocenters. The SMILES string of the molecule is CCOC(=O)/C=C/C1=CN=C2C=CC=CN2C1(O)OCC. The summed E-state index contributed by atoms with van der Waals surface area (Å²) in [5.41, 5.74) is 0.348. The summed E-state index contributed by atoms with van der Waals surface area (Å²) < 4.78 is 10.3. The van der Waals surface area contributed by atoms with Gasteiger partial charge in [0.15, 0.2) is 0 Å². The van der Waals surface area contributed by atoms with Crippen molar-refractivity contribution in [2.24, 2.45) is 4.99 Å². The van der Waals surface area contributed by atoms with Crippen molar-refractivity contribution in [2.45, 2.75) is 19.8 Å². The molecule has 1 N–H and O–H groups in total. The molecule has 0 bridgehead atoms. The number of fused-ring (bicyclic) bond motifs is 1. The molecule has 0 spiro atoms. The number of amidine groups is 1. The Balaban J connectivity index is 2.31. The Morgan fingerprint density at radius 3 is 2.95 bits per heavy atom. The molecule has 0 aromatic heterocycles. The van der Waals surface area contributed by atoms with E-state index in [1.807, 2.05) is 6.08 Å². The molecule has 0 aliphatic carbocycles. The first kappa shape index (κ1) is 15.2. The van der Waals surface area contributed by atoms with Crippen molar-refractivity contribution in [3.8, 4) is 0 Å². The lowest BCUT2D eigenvalue weighted by atomic mass is 10.1. The molecule has 2 rings (SSSR count). The number of hydrogen-bond acceptors (Lipinski definition) is 6. The van der Waals surface area contributed by atoms with E-state index in [9.17, 15) is 9.90 Å². The number of ether oxygens (including phenoxy) is 2. The van der Waals surface area contributed by atoms with E-state index in [1.165, 1.54) is 23.3 Å². The van der Waals surface area contributed by atoms with Gasteiger partial charge in [-0.1, -0.05) is 6.08 Å². The first-order valence-electron chi connectivity index (χ1n) is 6.75. The summed E-state index contributed by atoms with van der Waals surface area (Å²) in [6.45, 7) is 4.09. The summed E-state index contributed by atoms with van der Waals surface area (Å²) in [4.78, 5) is 17.1. The van der Waals surface area contributed by atoms with Crippen LogP contribution < -0.4 is 0 Å². The molecule has 0 aromatic carbocycles. The fourth-order valence-electron chi connectivity index (χ4n) is 2.01. The average molecular weight is 290 g/mol. The highest BCUT2D eigenvalue weighted by Gasteiger charge is 2.41. The lowest BCUT2D eigenvalue weighted by molar-refractivity contribution is -0.228. The van der Waals surface area contributed by atoms with E-state index < -0.39 is 11.9 Å². The van der Waals surface area contributed by atoms with Gasteiger partial charge in [0, 0.05) is 25.1 Å². The van der Waals surface area contributed by atoms with Gasteiger partial charge in [-0.05, 0) is 32.1 Å². The van der Waals surface area contributed by atoms with Crippen LogP contribution in [0.1, 0.15) is 13.8 Å². The van der Waals surface area contributed by atoms with Gasteiger partial charge in [-0.2, -0.15) is 0 Å². The van der Waals surface area contributed by atoms with Gasteiger partial charge in [0.2, 0.25) is 0 Å². The van der Waals surface area contributed by atoms with Gasteiger partial charge in [-0.25, -0.2) is 9.79 Å². The number of nitrogens with zero attached hydrogens (tertiary/aromatic N) is 2. The lowest BCUT2D eigenvalue weighted by Crippen LogP contribution is -2.53. The monoisotopic (exact) mass is 290 g/mol. The van der Waals surface area contributed by atoms with Gasteiger partial charge < -0.3 is 14.6 Å². The van der Waals surface area contributed by atoms with Gasteiger partial charge in [-0.3, -0.25) is 4.90 Å². The molecule has 1 unspecified atom stereocenters. The summed E-state index contributed by atoms with van der Waals surface area (Å²) >= 11 is 0. The number of esters is 1. The van der Waals surface area contributed by atoms with Crippen LogP contribution in [-0.2, 0) is 14.3 Å². The van der Waals surface area contributed by atoms with Crippen molar-refractivity contribution in [3.05, 3.63) is 48.4 Å². The summed E-state index contributed by atoms with van der Waals surface area (Å²) in [6.07, 6.45) is 11.2. The average Bonchev–Trinajstić information content (AvgIpc) is 2.47. The maximum atomic E-state index is 11.4. The van der Waals surface area contributed by atoms with E-state index in [1.54, 1.807) is 32.2 Å². The molecule has 0 radical (unpaired) electrons. The molecule has 0 saturated heterocycles. The van der Waals surface area contributed by atoms with Gasteiger partial charge >= 0.3 is 5.97 Å². The molecule has 0 saturated carbocycles. The minimum absolute atomic E-state index is 0.292. The lowest BCUT2D eigenvalue weighted by Gasteiger charge is -2.41. The third kappa shape index (κ3) is 3.12. The number of carbonyl (C=O) groups is 1. The van der Waals surface area contributed by atoms with Crippen molar-refractivity contribution in [1.82, 2.24) is 4.90 Å². The zero-order valence-electron chi connectivity index (χ0n) is 12.0. The maximum Gasteiger partial charge on any atom is 0.330 e. The highest BCUT2D eigenvalue weighted by atomic mass is 16.6. The quantitative estimate of drug-likeness (QED) is 0.471. The second kappa shape index (κ2) is 6.51. The van der Waals surface area contributed by atoms with E-state index in [2.05, 4.69) is 4.99 Å². The summed E-state index contributed by atoms with van der Waals surface area (Å²) in [6, 6.07) is 0. The van der Waals surface area contributed by atoms with Crippen molar-refractivity contribution in [1.29, 1.82) is 0 Å². The molecule has 2 heterocycles. The zero-order valence-corrected chi connectivity index (χ0v) is 12.0. The highest BCUT2D eigenvalue weighted by molar-refractivity contribution is 5.96. The van der Waals surface area contributed by atoms with Crippen LogP contribution in [0.4, 0.5) is 0 Å². The number of aliphatic hydroxyl groups is 1. The third-order valence-electron chi connectivity index (χ3n) is 2.91. The fourth-order valence-corrected chi connectivity index (χ4v) is 2.01. The standard InChI is InChI=1S/C15H18N2O4/c1-3-20-14(18)9-8-12-11-16-13-7-5-6-10-17(13)15(12,19)21-4-2/h5-11,19H,3-4H2,1-2H3/b9-8+. The number of aliphatic imine (C=N–C) groups is 1. The van der Waals surface area contributed by atoms with E-state index in [0.717, 1.165) is 0 Å². The van der Waals surface area contributed by atoms with Crippen molar-refractivity contribution < 1.29 is 19.4 Å². The number of hydrogen-bond donors (Lipinski definition) is 1. The topological polar surface area (TPSA) is 71.4 Å². The zero-order chi connectivity index (χ0) is 15.3.